The van der Waals surface area contributed by atoms with Crippen LogP contribution in [-0.4, -0.2) is 49.7 Å². The summed E-state index contributed by atoms with van der Waals surface area (Å²) in [5.74, 6) is 0.892. The van der Waals surface area contributed by atoms with Gasteiger partial charge in [-0.15, -0.1) is 24.0 Å². The molecule has 154 valence electrons. The predicted octanol–water partition coefficient (Wildman–Crippen LogP) is 3.84. The number of ether oxygens (including phenoxy) is 1. The third kappa shape index (κ3) is 8.59. The second kappa shape index (κ2) is 13.1. The number of rotatable bonds is 8. The minimum absolute atomic E-state index is 0. The Labute approximate surface area is 178 Å². The molecule has 0 aromatic heterocycles. The predicted molar refractivity (Wildman–Crippen MR) is 116 cm³/mol. The first-order valence-corrected chi connectivity index (χ1v) is 9.42. The maximum Gasteiger partial charge on any atom is 0.387 e. The highest BCUT2D eigenvalue weighted by molar-refractivity contribution is 14.0. The molecule has 2 N–H and O–H groups in total. The van der Waals surface area contributed by atoms with E-state index in [2.05, 4.69) is 32.2 Å². The van der Waals surface area contributed by atoms with E-state index in [1.807, 2.05) is 6.92 Å². The highest BCUT2D eigenvalue weighted by atomic mass is 127. The fraction of sp³-hybridized carbons (Fsp3) is 0.632. The molecule has 0 bridgehead atoms. The number of aliphatic imine (C=N–C) groups is 1. The zero-order valence-electron chi connectivity index (χ0n) is 16.1. The average molecular weight is 496 g/mol. The molecule has 0 radical (unpaired) electrons. The lowest BCUT2D eigenvalue weighted by molar-refractivity contribution is -0.0504. The fourth-order valence-corrected chi connectivity index (χ4v) is 3.14. The van der Waals surface area contributed by atoms with Gasteiger partial charge < -0.3 is 20.3 Å². The first-order valence-electron chi connectivity index (χ1n) is 9.42. The molecule has 1 aliphatic heterocycles. The van der Waals surface area contributed by atoms with Crippen LogP contribution < -0.4 is 15.4 Å². The van der Waals surface area contributed by atoms with Gasteiger partial charge in [0, 0.05) is 31.2 Å². The van der Waals surface area contributed by atoms with Crippen LogP contribution in [-0.2, 0) is 6.54 Å². The van der Waals surface area contributed by atoms with Crippen molar-refractivity contribution in [3.63, 3.8) is 0 Å². The minimum Gasteiger partial charge on any atom is -0.434 e. The molecule has 0 atom stereocenters. The average Bonchev–Trinajstić information content (AvgIpc) is 2.62. The van der Waals surface area contributed by atoms with Crippen molar-refractivity contribution in [1.29, 1.82) is 0 Å². The SMILES string of the molecule is CCCN1CCC(NC(=NCc2ccccc2OC(F)F)NCC)CC1.I. The summed E-state index contributed by atoms with van der Waals surface area (Å²) in [6, 6.07) is 7.16. The van der Waals surface area contributed by atoms with Gasteiger partial charge in [-0.25, -0.2) is 4.99 Å². The number of piperidine rings is 1. The van der Waals surface area contributed by atoms with Crippen molar-refractivity contribution in [1.82, 2.24) is 15.5 Å². The Balaban J connectivity index is 0.00000364. The van der Waals surface area contributed by atoms with Gasteiger partial charge in [0.05, 0.1) is 6.54 Å². The molecular weight excluding hydrogens is 465 g/mol. The minimum atomic E-state index is -2.83. The molecule has 2 rings (SSSR count). The Morgan fingerprint density at radius 1 is 1.26 bits per heavy atom. The zero-order valence-corrected chi connectivity index (χ0v) is 18.4. The normalized spacial score (nSPS) is 16.1. The molecule has 0 spiro atoms. The third-order valence-electron chi connectivity index (χ3n) is 4.41. The van der Waals surface area contributed by atoms with Crippen molar-refractivity contribution in [3.05, 3.63) is 29.8 Å². The number of alkyl halides is 2. The van der Waals surface area contributed by atoms with Gasteiger partial charge >= 0.3 is 6.61 Å². The Hall–Kier alpha value is -1.16. The highest BCUT2D eigenvalue weighted by Crippen LogP contribution is 2.21. The van der Waals surface area contributed by atoms with Crippen LogP contribution in [0.5, 0.6) is 5.75 Å². The Kier molecular flexibility index (Phi) is 11.6. The van der Waals surface area contributed by atoms with Crippen molar-refractivity contribution in [2.24, 2.45) is 4.99 Å². The number of nitrogens with zero attached hydrogens (tertiary/aromatic N) is 2. The molecule has 0 unspecified atom stereocenters. The number of nitrogens with one attached hydrogen (secondary N) is 2. The smallest absolute Gasteiger partial charge is 0.387 e. The van der Waals surface area contributed by atoms with E-state index in [9.17, 15) is 8.78 Å². The number of halogens is 3. The summed E-state index contributed by atoms with van der Waals surface area (Å²) in [5.41, 5.74) is 0.641. The van der Waals surface area contributed by atoms with Crippen molar-refractivity contribution in [2.75, 3.05) is 26.2 Å². The Morgan fingerprint density at radius 2 is 1.96 bits per heavy atom. The molecule has 27 heavy (non-hydrogen) atoms. The second-order valence-electron chi connectivity index (χ2n) is 6.44. The highest BCUT2D eigenvalue weighted by Gasteiger charge is 2.19. The maximum atomic E-state index is 12.5. The van der Waals surface area contributed by atoms with Crippen LogP contribution in [0.25, 0.3) is 0 Å². The number of hydrogen-bond donors (Lipinski definition) is 2. The summed E-state index contributed by atoms with van der Waals surface area (Å²) in [6.07, 6.45) is 3.34. The second-order valence-corrected chi connectivity index (χ2v) is 6.44. The van der Waals surface area contributed by atoms with E-state index in [1.165, 1.54) is 6.42 Å². The van der Waals surface area contributed by atoms with E-state index >= 15 is 0 Å². The van der Waals surface area contributed by atoms with Crippen LogP contribution in [0.2, 0.25) is 0 Å². The van der Waals surface area contributed by atoms with Gasteiger partial charge in [-0.05, 0) is 38.8 Å². The lowest BCUT2D eigenvalue weighted by Gasteiger charge is -2.32. The molecule has 1 heterocycles. The molecule has 1 aliphatic rings. The summed E-state index contributed by atoms with van der Waals surface area (Å²) in [7, 11) is 0. The van der Waals surface area contributed by atoms with E-state index in [1.54, 1.807) is 24.3 Å². The van der Waals surface area contributed by atoms with E-state index in [0.717, 1.165) is 39.0 Å². The lowest BCUT2D eigenvalue weighted by Crippen LogP contribution is -2.48. The molecule has 0 aliphatic carbocycles. The van der Waals surface area contributed by atoms with Crippen LogP contribution in [0.3, 0.4) is 0 Å². The molecule has 0 amide bonds. The van der Waals surface area contributed by atoms with E-state index in [4.69, 9.17) is 0 Å². The van der Waals surface area contributed by atoms with Crippen molar-refractivity contribution < 1.29 is 13.5 Å². The molecule has 0 saturated carbocycles. The first-order chi connectivity index (χ1) is 12.6. The summed E-state index contributed by atoms with van der Waals surface area (Å²) in [4.78, 5) is 7.04. The molecule has 1 saturated heterocycles. The number of benzene rings is 1. The molecular formula is C19H31F2IN4O. The van der Waals surface area contributed by atoms with Crippen LogP contribution in [0.1, 0.15) is 38.7 Å². The number of guanidine groups is 1. The van der Waals surface area contributed by atoms with Crippen LogP contribution >= 0.6 is 24.0 Å². The lowest BCUT2D eigenvalue weighted by atomic mass is 10.1. The topological polar surface area (TPSA) is 48.9 Å². The maximum absolute atomic E-state index is 12.5. The summed E-state index contributed by atoms with van der Waals surface area (Å²) in [5, 5.41) is 6.71. The quantitative estimate of drug-likeness (QED) is 0.327. The molecule has 1 fully saturated rings. The van der Waals surface area contributed by atoms with Gasteiger partial charge in [0.1, 0.15) is 5.75 Å². The molecule has 8 heteroatoms. The largest absolute Gasteiger partial charge is 0.434 e. The summed E-state index contributed by atoms with van der Waals surface area (Å²) < 4.78 is 29.6. The van der Waals surface area contributed by atoms with Gasteiger partial charge in [0.2, 0.25) is 0 Å². The summed E-state index contributed by atoms with van der Waals surface area (Å²) in [6.45, 7) is 5.75. The van der Waals surface area contributed by atoms with Crippen LogP contribution in [0, 0.1) is 0 Å². The fourth-order valence-electron chi connectivity index (χ4n) is 3.14. The van der Waals surface area contributed by atoms with Gasteiger partial charge in [0.25, 0.3) is 0 Å². The van der Waals surface area contributed by atoms with Gasteiger partial charge in [-0.2, -0.15) is 8.78 Å². The van der Waals surface area contributed by atoms with Gasteiger partial charge in [-0.1, -0.05) is 25.1 Å². The standard InChI is InChI=1S/C19H30F2N4O.HI/c1-3-11-25-12-9-16(10-13-25)24-19(22-4-2)23-14-15-7-5-6-8-17(15)26-18(20)21;/h5-8,16,18H,3-4,9-14H2,1-2H3,(H2,22,23,24);1H. The third-order valence-corrected chi connectivity index (χ3v) is 4.41. The Morgan fingerprint density at radius 3 is 2.59 bits per heavy atom. The van der Waals surface area contributed by atoms with Crippen molar-refractivity contribution >= 4 is 29.9 Å². The molecule has 1 aromatic rings. The van der Waals surface area contributed by atoms with Crippen molar-refractivity contribution in [3.8, 4) is 5.75 Å². The monoisotopic (exact) mass is 496 g/mol. The van der Waals surface area contributed by atoms with E-state index in [-0.39, 0.29) is 36.3 Å². The number of para-hydroxylation sites is 1. The van der Waals surface area contributed by atoms with Crippen molar-refractivity contribution in [2.45, 2.75) is 52.3 Å². The number of hydrogen-bond acceptors (Lipinski definition) is 3. The van der Waals surface area contributed by atoms with Crippen LogP contribution in [0.4, 0.5) is 8.78 Å². The number of likely N-dealkylation sites (tertiary alicyclic amines) is 1. The Bertz CT molecular complexity index is 566. The van der Waals surface area contributed by atoms with Gasteiger partial charge in [0.15, 0.2) is 5.96 Å². The first kappa shape index (κ1) is 23.9. The molecule has 5 nitrogen and oxygen atoms in total. The summed E-state index contributed by atoms with van der Waals surface area (Å²) >= 11 is 0. The van der Waals surface area contributed by atoms with Crippen LogP contribution in [0.15, 0.2) is 29.3 Å². The van der Waals surface area contributed by atoms with E-state index in [0.29, 0.717) is 17.6 Å². The van der Waals surface area contributed by atoms with Gasteiger partial charge in [-0.3, -0.25) is 0 Å². The zero-order chi connectivity index (χ0) is 18.8. The molecule has 1 aromatic carbocycles. The van der Waals surface area contributed by atoms with E-state index < -0.39 is 6.61 Å².